The Labute approximate surface area is 84.6 Å². The number of carbonyl (C=O) groups is 1. The lowest BCUT2D eigenvalue weighted by Crippen LogP contribution is -2.41. The molecular weight excluding hydrogens is 219 g/mol. The topological polar surface area (TPSA) is 17.1 Å². The molecule has 1 atom stereocenters. The molecule has 0 aliphatic heterocycles. The second kappa shape index (κ2) is 4.45. The standard InChI is InChI=1S/C9H13F5O/c1-5(2)6(3)4-8(10,11)7(15)9(12,13)14/h5-6H,4H2,1-3H3/t6-/m1/s1. The molecule has 0 amide bonds. The van der Waals surface area contributed by atoms with E-state index in [1.807, 2.05) is 0 Å². The minimum absolute atomic E-state index is 0.197. The van der Waals surface area contributed by atoms with Gasteiger partial charge in [-0.2, -0.15) is 22.0 Å². The van der Waals surface area contributed by atoms with Crippen molar-refractivity contribution in [3.8, 4) is 0 Å². The van der Waals surface area contributed by atoms with Gasteiger partial charge in [-0.05, 0) is 11.8 Å². The molecule has 0 rings (SSSR count). The fourth-order valence-corrected chi connectivity index (χ4v) is 0.940. The Morgan fingerprint density at radius 3 is 1.73 bits per heavy atom. The third-order valence-electron chi connectivity index (χ3n) is 2.31. The fourth-order valence-electron chi connectivity index (χ4n) is 0.940. The van der Waals surface area contributed by atoms with Gasteiger partial charge in [0.25, 0.3) is 0 Å². The molecular formula is C9H13F5O. The van der Waals surface area contributed by atoms with Crippen LogP contribution in [0.4, 0.5) is 22.0 Å². The minimum atomic E-state index is -5.47. The van der Waals surface area contributed by atoms with Crippen molar-refractivity contribution in [3.63, 3.8) is 0 Å². The van der Waals surface area contributed by atoms with E-state index in [0.29, 0.717) is 0 Å². The van der Waals surface area contributed by atoms with E-state index in [4.69, 9.17) is 0 Å². The van der Waals surface area contributed by atoms with Gasteiger partial charge in [-0.1, -0.05) is 20.8 Å². The molecule has 0 bridgehead atoms. The number of alkyl halides is 5. The van der Waals surface area contributed by atoms with E-state index >= 15 is 0 Å². The van der Waals surface area contributed by atoms with Gasteiger partial charge in [-0.15, -0.1) is 0 Å². The summed E-state index contributed by atoms with van der Waals surface area (Å²) < 4.78 is 61.0. The van der Waals surface area contributed by atoms with E-state index in [-0.39, 0.29) is 5.92 Å². The van der Waals surface area contributed by atoms with Crippen LogP contribution in [0.5, 0.6) is 0 Å². The molecule has 15 heavy (non-hydrogen) atoms. The number of rotatable bonds is 4. The third kappa shape index (κ3) is 4.13. The van der Waals surface area contributed by atoms with E-state index in [0.717, 1.165) is 0 Å². The molecule has 0 saturated heterocycles. The summed E-state index contributed by atoms with van der Waals surface area (Å²) in [6.45, 7) is 4.61. The summed E-state index contributed by atoms with van der Waals surface area (Å²) >= 11 is 0. The first-order valence-electron chi connectivity index (χ1n) is 4.48. The van der Waals surface area contributed by atoms with Gasteiger partial charge < -0.3 is 0 Å². The van der Waals surface area contributed by atoms with Gasteiger partial charge in [0.15, 0.2) is 0 Å². The molecule has 0 N–H and O–H groups in total. The summed E-state index contributed by atoms with van der Waals surface area (Å²) in [4.78, 5) is 10.4. The number of hydrogen-bond donors (Lipinski definition) is 0. The largest absolute Gasteiger partial charge is 0.456 e. The van der Waals surface area contributed by atoms with Crippen LogP contribution in [0.25, 0.3) is 0 Å². The summed E-state index contributed by atoms with van der Waals surface area (Å²) in [5.41, 5.74) is 0. The average Bonchev–Trinajstić information content (AvgIpc) is 2.00. The Morgan fingerprint density at radius 2 is 1.47 bits per heavy atom. The number of carbonyl (C=O) groups excluding carboxylic acids is 1. The molecule has 0 aliphatic rings. The molecule has 0 radical (unpaired) electrons. The Morgan fingerprint density at radius 1 is 1.07 bits per heavy atom. The van der Waals surface area contributed by atoms with E-state index < -0.39 is 30.2 Å². The molecule has 0 spiro atoms. The highest BCUT2D eigenvalue weighted by molar-refractivity contribution is 5.90. The van der Waals surface area contributed by atoms with Crippen molar-refractivity contribution in [2.24, 2.45) is 11.8 Å². The molecule has 0 heterocycles. The fraction of sp³-hybridized carbons (Fsp3) is 0.889. The lowest BCUT2D eigenvalue weighted by atomic mass is 9.90. The average molecular weight is 232 g/mol. The Hall–Kier alpha value is -0.680. The molecule has 6 heteroatoms. The first-order chi connectivity index (χ1) is 6.48. The predicted molar refractivity (Wildman–Crippen MR) is 44.6 cm³/mol. The first kappa shape index (κ1) is 14.3. The molecule has 0 saturated carbocycles. The summed E-state index contributed by atoms with van der Waals surface area (Å²) in [7, 11) is 0. The molecule has 90 valence electrons. The van der Waals surface area contributed by atoms with Crippen LogP contribution in [-0.4, -0.2) is 17.9 Å². The van der Waals surface area contributed by atoms with Gasteiger partial charge in [0.1, 0.15) is 0 Å². The van der Waals surface area contributed by atoms with Crippen molar-refractivity contribution in [2.75, 3.05) is 0 Å². The van der Waals surface area contributed by atoms with Gasteiger partial charge in [0, 0.05) is 6.42 Å². The Kier molecular flexibility index (Phi) is 4.25. The van der Waals surface area contributed by atoms with Gasteiger partial charge in [-0.3, -0.25) is 4.79 Å². The zero-order valence-electron chi connectivity index (χ0n) is 8.66. The highest BCUT2D eigenvalue weighted by atomic mass is 19.4. The van der Waals surface area contributed by atoms with Crippen LogP contribution in [-0.2, 0) is 4.79 Å². The van der Waals surface area contributed by atoms with Crippen LogP contribution in [0.1, 0.15) is 27.2 Å². The second-order valence-electron chi connectivity index (χ2n) is 3.96. The highest BCUT2D eigenvalue weighted by Gasteiger charge is 2.55. The van der Waals surface area contributed by atoms with Crippen LogP contribution < -0.4 is 0 Å². The molecule has 0 aromatic carbocycles. The van der Waals surface area contributed by atoms with Crippen molar-refractivity contribution in [2.45, 2.75) is 39.3 Å². The maximum absolute atomic E-state index is 12.9. The normalized spacial score (nSPS) is 15.5. The van der Waals surface area contributed by atoms with Crippen LogP contribution in [0.3, 0.4) is 0 Å². The predicted octanol–water partition coefficient (Wildman–Crippen LogP) is 3.44. The molecule has 0 unspecified atom stereocenters. The lowest BCUT2D eigenvalue weighted by Gasteiger charge is -2.22. The van der Waals surface area contributed by atoms with Crippen LogP contribution >= 0.6 is 0 Å². The number of Topliss-reactive ketones (excluding diaryl/α,β-unsaturated/α-hetero) is 1. The number of halogens is 5. The van der Waals surface area contributed by atoms with Crippen molar-refractivity contribution in [1.82, 2.24) is 0 Å². The van der Waals surface area contributed by atoms with Crippen molar-refractivity contribution in [3.05, 3.63) is 0 Å². The zero-order valence-corrected chi connectivity index (χ0v) is 8.66. The summed E-state index contributed by atoms with van der Waals surface area (Å²) in [5.74, 6) is -8.12. The third-order valence-corrected chi connectivity index (χ3v) is 2.31. The molecule has 0 aromatic heterocycles. The molecule has 1 nitrogen and oxygen atoms in total. The molecule has 0 aromatic rings. The van der Waals surface area contributed by atoms with Crippen molar-refractivity contribution >= 4 is 5.78 Å². The highest BCUT2D eigenvalue weighted by Crippen LogP contribution is 2.34. The van der Waals surface area contributed by atoms with Crippen LogP contribution in [0.15, 0.2) is 0 Å². The van der Waals surface area contributed by atoms with E-state index in [1.165, 1.54) is 6.92 Å². The van der Waals surface area contributed by atoms with Gasteiger partial charge in [0.05, 0.1) is 0 Å². The van der Waals surface area contributed by atoms with Crippen molar-refractivity contribution in [1.29, 1.82) is 0 Å². The monoisotopic (exact) mass is 232 g/mol. The summed E-state index contributed by atoms with van der Waals surface area (Å²) in [6, 6.07) is 0. The maximum Gasteiger partial charge on any atom is 0.456 e. The summed E-state index contributed by atoms with van der Waals surface area (Å²) in [6.07, 6.45) is -6.54. The lowest BCUT2D eigenvalue weighted by molar-refractivity contribution is -0.197. The summed E-state index contributed by atoms with van der Waals surface area (Å²) in [5, 5.41) is 0. The van der Waals surface area contributed by atoms with Gasteiger partial charge in [-0.25, -0.2) is 0 Å². The van der Waals surface area contributed by atoms with Gasteiger partial charge in [0.2, 0.25) is 0 Å². The number of ketones is 1. The van der Waals surface area contributed by atoms with E-state index in [9.17, 15) is 26.7 Å². The van der Waals surface area contributed by atoms with Gasteiger partial charge >= 0.3 is 17.9 Å². The quantitative estimate of drug-likeness (QED) is 0.678. The maximum atomic E-state index is 12.9. The second-order valence-corrected chi connectivity index (χ2v) is 3.96. The minimum Gasteiger partial charge on any atom is -0.283 e. The van der Waals surface area contributed by atoms with Crippen LogP contribution in [0.2, 0.25) is 0 Å². The van der Waals surface area contributed by atoms with E-state index in [1.54, 1.807) is 13.8 Å². The zero-order chi connectivity index (χ0) is 12.4. The smallest absolute Gasteiger partial charge is 0.283 e. The molecule has 0 fully saturated rings. The Bertz CT molecular complexity index is 231. The Balaban J connectivity index is 4.63. The first-order valence-corrected chi connectivity index (χ1v) is 4.48. The van der Waals surface area contributed by atoms with Crippen LogP contribution in [0, 0.1) is 11.8 Å². The van der Waals surface area contributed by atoms with Crippen molar-refractivity contribution < 1.29 is 26.7 Å². The molecule has 0 aliphatic carbocycles. The van der Waals surface area contributed by atoms with E-state index in [2.05, 4.69) is 0 Å². The SMILES string of the molecule is CC(C)[C@H](C)CC(F)(F)C(=O)C(F)(F)F. The number of hydrogen-bond acceptors (Lipinski definition) is 1.